The van der Waals surface area contributed by atoms with E-state index in [2.05, 4.69) is 25.4 Å². The van der Waals surface area contributed by atoms with Crippen LogP contribution >= 0.6 is 0 Å². The average Bonchev–Trinajstić information content (AvgIpc) is 3.03. The van der Waals surface area contributed by atoms with Crippen molar-refractivity contribution < 1.29 is 9.52 Å². The van der Waals surface area contributed by atoms with Crippen LogP contribution in [0.5, 0.6) is 0 Å². The van der Waals surface area contributed by atoms with Crippen molar-refractivity contribution in [1.82, 2.24) is 20.4 Å². The van der Waals surface area contributed by atoms with Crippen LogP contribution in [0.1, 0.15) is 18.4 Å². The number of aliphatic imine (C=N–C) groups is 1. The number of aliphatic hydroxyl groups is 1. The Morgan fingerprint density at radius 2 is 2.08 bits per heavy atom. The minimum atomic E-state index is -1.08. The van der Waals surface area contributed by atoms with Crippen LogP contribution in [-0.4, -0.2) is 79.8 Å². The van der Waals surface area contributed by atoms with E-state index in [1.54, 1.807) is 14.0 Å². The molecule has 4 heterocycles. The van der Waals surface area contributed by atoms with Crippen molar-refractivity contribution in [3.63, 3.8) is 0 Å². The van der Waals surface area contributed by atoms with Gasteiger partial charge in [-0.3, -0.25) is 14.8 Å². The van der Waals surface area contributed by atoms with Gasteiger partial charge in [0, 0.05) is 52.4 Å². The Hall–Kier alpha value is -1.57. The van der Waals surface area contributed by atoms with Crippen molar-refractivity contribution in [3.05, 3.63) is 23.7 Å². The van der Waals surface area contributed by atoms with Crippen molar-refractivity contribution in [3.8, 4) is 0 Å². The molecular weight excluding hydrogens is 306 g/mol. The first-order chi connectivity index (χ1) is 11.5. The Bertz CT molecular complexity index is 575. The van der Waals surface area contributed by atoms with Gasteiger partial charge in [-0.2, -0.15) is 0 Å². The van der Waals surface area contributed by atoms with Gasteiger partial charge in [-0.05, 0) is 26.0 Å². The predicted molar refractivity (Wildman–Crippen MR) is 94.2 cm³/mol. The van der Waals surface area contributed by atoms with Crippen molar-refractivity contribution in [2.24, 2.45) is 4.99 Å². The number of hydrogen-bond donors (Lipinski definition) is 3. The normalized spacial score (nSPS) is 29.3. The van der Waals surface area contributed by atoms with E-state index in [1.807, 2.05) is 19.1 Å². The van der Waals surface area contributed by atoms with Gasteiger partial charge in [0.05, 0.1) is 6.54 Å². The monoisotopic (exact) mass is 335 g/mol. The van der Waals surface area contributed by atoms with Crippen LogP contribution in [0.4, 0.5) is 0 Å². The molecule has 2 unspecified atom stereocenters. The van der Waals surface area contributed by atoms with E-state index in [4.69, 9.17) is 4.42 Å². The molecule has 0 saturated carbocycles. The van der Waals surface area contributed by atoms with E-state index in [0.717, 1.165) is 31.9 Å². The first-order valence-corrected chi connectivity index (χ1v) is 8.68. The number of fused-ring (bicyclic) bond motifs is 3. The SMILES string of the molecule is CN=C(NCC1CN2CCN1CC2)NCC(C)(O)c1ccc(C)o1. The van der Waals surface area contributed by atoms with Crippen LogP contribution in [-0.2, 0) is 5.60 Å². The summed E-state index contributed by atoms with van der Waals surface area (Å²) in [6.07, 6.45) is 0. The lowest BCUT2D eigenvalue weighted by Gasteiger charge is -2.47. The van der Waals surface area contributed by atoms with Crippen molar-refractivity contribution in [1.29, 1.82) is 0 Å². The second-order valence-corrected chi connectivity index (χ2v) is 6.98. The molecular formula is C17H29N5O2. The number of hydrogen-bond acceptors (Lipinski definition) is 5. The van der Waals surface area contributed by atoms with Crippen LogP contribution in [0.2, 0.25) is 0 Å². The van der Waals surface area contributed by atoms with E-state index in [-0.39, 0.29) is 0 Å². The van der Waals surface area contributed by atoms with E-state index >= 15 is 0 Å². The summed E-state index contributed by atoms with van der Waals surface area (Å²) in [4.78, 5) is 9.32. The zero-order valence-electron chi connectivity index (χ0n) is 14.9. The second-order valence-electron chi connectivity index (χ2n) is 6.98. The second kappa shape index (κ2) is 7.13. The summed E-state index contributed by atoms with van der Waals surface area (Å²) in [7, 11) is 1.75. The molecule has 3 saturated heterocycles. The molecule has 24 heavy (non-hydrogen) atoms. The van der Waals surface area contributed by atoms with Crippen molar-refractivity contribution in [2.75, 3.05) is 52.9 Å². The fraction of sp³-hybridized carbons (Fsp3) is 0.706. The molecule has 0 aliphatic carbocycles. The lowest BCUT2D eigenvalue weighted by Crippen LogP contribution is -2.64. The van der Waals surface area contributed by atoms with Crippen molar-refractivity contribution in [2.45, 2.75) is 25.5 Å². The molecule has 2 atom stereocenters. The van der Waals surface area contributed by atoms with E-state index in [1.165, 1.54) is 13.1 Å². The molecule has 3 N–H and O–H groups in total. The maximum atomic E-state index is 10.6. The van der Waals surface area contributed by atoms with Crippen molar-refractivity contribution >= 4 is 5.96 Å². The van der Waals surface area contributed by atoms with E-state index in [9.17, 15) is 5.11 Å². The highest BCUT2D eigenvalue weighted by molar-refractivity contribution is 5.79. The number of nitrogens with one attached hydrogen (secondary N) is 2. The standard InChI is InChI=1S/C17H29N5O2/c1-13-4-5-15(24-13)17(2,23)12-20-16(18-3)19-10-14-11-21-6-8-22(14)9-7-21/h4-5,14,23H,6-12H2,1-3H3,(H2,18,19,20). The Morgan fingerprint density at radius 1 is 1.33 bits per heavy atom. The topological polar surface area (TPSA) is 76.3 Å². The zero-order valence-corrected chi connectivity index (χ0v) is 14.9. The largest absolute Gasteiger partial charge is 0.463 e. The molecule has 7 heteroatoms. The van der Waals surface area contributed by atoms with Gasteiger partial charge in [0.1, 0.15) is 17.1 Å². The smallest absolute Gasteiger partial charge is 0.191 e. The highest BCUT2D eigenvalue weighted by Crippen LogP contribution is 2.21. The minimum Gasteiger partial charge on any atom is -0.463 e. The minimum absolute atomic E-state index is 0.333. The molecule has 0 spiro atoms. The fourth-order valence-electron chi connectivity index (χ4n) is 3.42. The number of piperazine rings is 3. The summed E-state index contributed by atoms with van der Waals surface area (Å²) in [5.74, 6) is 2.06. The van der Waals surface area contributed by atoms with Crippen LogP contribution in [0, 0.1) is 6.92 Å². The molecule has 0 radical (unpaired) electrons. The first-order valence-electron chi connectivity index (χ1n) is 8.68. The van der Waals surface area contributed by atoms with Crippen LogP contribution in [0.25, 0.3) is 0 Å². The quantitative estimate of drug-likeness (QED) is 0.518. The van der Waals surface area contributed by atoms with Gasteiger partial charge in [0.15, 0.2) is 5.96 Å². The molecule has 1 aromatic rings. The number of furan rings is 1. The molecule has 3 aliphatic heterocycles. The van der Waals surface area contributed by atoms with Gasteiger partial charge in [0.25, 0.3) is 0 Å². The molecule has 7 nitrogen and oxygen atoms in total. The summed E-state index contributed by atoms with van der Waals surface area (Å²) >= 11 is 0. The Kier molecular flexibility index (Phi) is 5.12. The maximum absolute atomic E-state index is 10.6. The molecule has 1 aromatic heterocycles. The van der Waals surface area contributed by atoms with Crippen LogP contribution < -0.4 is 10.6 Å². The van der Waals surface area contributed by atoms with Gasteiger partial charge in [-0.1, -0.05) is 0 Å². The molecule has 4 rings (SSSR count). The van der Waals surface area contributed by atoms with Gasteiger partial charge in [-0.25, -0.2) is 0 Å². The molecule has 3 aliphatic rings. The molecule has 0 amide bonds. The Morgan fingerprint density at radius 3 is 2.62 bits per heavy atom. The molecule has 3 fully saturated rings. The Balaban J connectivity index is 1.48. The Labute approximate surface area is 143 Å². The lowest BCUT2D eigenvalue weighted by molar-refractivity contribution is 0.0152. The number of guanidine groups is 1. The first kappa shape index (κ1) is 17.3. The fourth-order valence-corrected chi connectivity index (χ4v) is 3.42. The summed E-state index contributed by atoms with van der Waals surface area (Å²) in [5, 5.41) is 17.2. The number of nitrogens with zero attached hydrogens (tertiary/aromatic N) is 3. The zero-order chi connectivity index (χ0) is 17.2. The molecule has 0 aromatic carbocycles. The number of aryl methyl sites for hydroxylation is 1. The van der Waals surface area contributed by atoms with Gasteiger partial charge in [-0.15, -0.1) is 0 Å². The third-order valence-electron chi connectivity index (χ3n) is 4.99. The van der Waals surface area contributed by atoms with Crippen LogP contribution in [0.3, 0.4) is 0 Å². The summed E-state index contributed by atoms with van der Waals surface area (Å²) < 4.78 is 5.54. The average molecular weight is 335 g/mol. The highest BCUT2D eigenvalue weighted by Gasteiger charge is 2.32. The lowest BCUT2D eigenvalue weighted by atomic mass is 10.0. The number of rotatable bonds is 5. The summed E-state index contributed by atoms with van der Waals surface area (Å²) in [6.45, 7) is 10.6. The summed E-state index contributed by atoms with van der Waals surface area (Å²) in [5.41, 5.74) is -1.08. The molecule has 134 valence electrons. The maximum Gasteiger partial charge on any atom is 0.191 e. The third kappa shape index (κ3) is 3.91. The predicted octanol–water partition coefficient (Wildman–Crippen LogP) is -0.0397. The molecule has 2 bridgehead atoms. The summed E-state index contributed by atoms with van der Waals surface area (Å²) in [6, 6.07) is 4.20. The van der Waals surface area contributed by atoms with E-state index < -0.39 is 5.60 Å². The highest BCUT2D eigenvalue weighted by atomic mass is 16.4. The van der Waals surface area contributed by atoms with Gasteiger partial charge in [0.2, 0.25) is 0 Å². The van der Waals surface area contributed by atoms with E-state index in [0.29, 0.717) is 24.3 Å². The van der Waals surface area contributed by atoms with Crippen LogP contribution in [0.15, 0.2) is 21.5 Å². The van der Waals surface area contributed by atoms with Gasteiger partial charge < -0.3 is 20.2 Å². The van der Waals surface area contributed by atoms with Gasteiger partial charge >= 0.3 is 0 Å². The third-order valence-corrected chi connectivity index (χ3v) is 4.99.